The molecule has 1 aromatic rings. The number of rotatable bonds is 1. The largest absolute Gasteiger partial charge is 0.300 e. The van der Waals surface area contributed by atoms with E-state index >= 15 is 0 Å². The van der Waals surface area contributed by atoms with E-state index in [-0.39, 0.29) is 11.6 Å². The molecule has 1 amide bonds. The lowest BCUT2D eigenvalue weighted by molar-refractivity contribution is 0.0968. The third-order valence-corrected chi connectivity index (χ3v) is 2.29. The average Bonchev–Trinajstić information content (AvgIpc) is 2.74. The molecule has 0 aliphatic carbocycles. The Hall–Kier alpha value is -1.37. The molecule has 2 heterocycles. The van der Waals surface area contributed by atoms with Crippen LogP contribution < -0.4 is 5.32 Å². The summed E-state index contributed by atoms with van der Waals surface area (Å²) < 4.78 is 4.29. The summed E-state index contributed by atoms with van der Waals surface area (Å²) in [7, 11) is 0. The van der Waals surface area contributed by atoms with Crippen molar-refractivity contribution in [3.63, 3.8) is 0 Å². The fraction of sp³-hybridized carbons (Fsp3) is 0.333. The van der Waals surface area contributed by atoms with E-state index < -0.39 is 0 Å². The van der Waals surface area contributed by atoms with Crippen molar-refractivity contribution in [1.82, 2.24) is 15.6 Å². The number of amides is 1. The molecular weight excluding hydrogens is 192 g/mol. The Morgan fingerprint density at radius 1 is 1.69 bits per heavy atom. The minimum Gasteiger partial charge on any atom is -0.300 e. The fourth-order valence-corrected chi connectivity index (χ4v) is 1.56. The van der Waals surface area contributed by atoms with E-state index in [0.29, 0.717) is 5.17 Å². The van der Waals surface area contributed by atoms with Crippen LogP contribution in [0.1, 0.15) is 10.5 Å². The van der Waals surface area contributed by atoms with Gasteiger partial charge in [-0.2, -0.15) is 0 Å². The van der Waals surface area contributed by atoms with Gasteiger partial charge < -0.3 is 0 Å². The Bertz CT molecular complexity index is 334. The molecular formula is C6H6N4O2S. The molecule has 0 atom stereocenters. The van der Waals surface area contributed by atoms with Gasteiger partial charge in [0.25, 0.3) is 5.91 Å². The Morgan fingerprint density at radius 3 is 3.23 bits per heavy atom. The van der Waals surface area contributed by atoms with Gasteiger partial charge in [0.05, 0.1) is 6.54 Å². The number of carbonyl (C=O) groups excluding carboxylic acids is 1. The molecule has 0 radical (unpaired) electrons. The summed E-state index contributed by atoms with van der Waals surface area (Å²) in [6.07, 6.45) is 1.26. The van der Waals surface area contributed by atoms with Gasteiger partial charge in [0.15, 0.2) is 10.9 Å². The summed E-state index contributed by atoms with van der Waals surface area (Å²) in [5.74, 6) is 0.571. The highest BCUT2D eigenvalue weighted by atomic mass is 32.2. The van der Waals surface area contributed by atoms with E-state index in [1.54, 1.807) is 0 Å². The lowest BCUT2D eigenvalue weighted by Gasteiger charge is -1.98. The van der Waals surface area contributed by atoms with Crippen LogP contribution in [0.5, 0.6) is 0 Å². The van der Waals surface area contributed by atoms with Crippen molar-refractivity contribution in [2.45, 2.75) is 0 Å². The van der Waals surface area contributed by atoms with Gasteiger partial charge in [-0.3, -0.25) is 15.1 Å². The lowest BCUT2D eigenvalue weighted by atomic mass is 10.4. The number of thioether (sulfide) groups is 1. The first-order valence-electron chi connectivity index (χ1n) is 3.62. The van der Waals surface area contributed by atoms with Crippen molar-refractivity contribution in [2.75, 3.05) is 12.3 Å². The van der Waals surface area contributed by atoms with E-state index in [1.807, 2.05) is 0 Å². The highest BCUT2D eigenvalue weighted by Crippen LogP contribution is 2.09. The number of aromatic nitrogens is 2. The molecule has 0 fully saturated rings. The van der Waals surface area contributed by atoms with Crippen molar-refractivity contribution in [3.05, 3.63) is 11.9 Å². The predicted octanol–water partition coefficient (Wildman–Crippen LogP) is -0.0978. The van der Waals surface area contributed by atoms with Crippen molar-refractivity contribution in [1.29, 1.82) is 0 Å². The first-order chi connectivity index (χ1) is 6.36. The number of carbonyl (C=O) groups is 1. The SMILES string of the molecule is O=C(NC1=NCCS1)c1cnon1. The standard InChI is InChI=1S/C6H6N4O2S/c11-5(4-3-8-12-10-4)9-6-7-1-2-13-6/h3H,1-2H2,(H,7,9,11). The van der Waals surface area contributed by atoms with Crippen molar-refractivity contribution >= 4 is 22.8 Å². The monoisotopic (exact) mass is 198 g/mol. The maximum Gasteiger partial charge on any atom is 0.281 e. The van der Waals surface area contributed by atoms with Crippen LogP contribution in [-0.4, -0.2) is 33.7 Å². The quantitative estimate of drug-likeness (QED) is 0.681. The minimum atomic E-state index is -0.339. The van der Waals surface area contributed by atoms with Gasteiger partial charge in [-0.25, -0.2) is 4.63 Å². The first kappa shape index (κ1) is 8.24. The highest BCUT2D eigenvalue weighted by molar-refractivity contribution is 8.14. The molecule has 0 spiro atoms. The van der Waals surface area contributed by atoms with Crippen LogP contribution in [-0.2, 0) is 0 Å². The second-order valence-corrected chi connectivity index (χ2v) is 3.37. The molecule has 0 aromatic carbocycles. The van der Waals surface area contributed by atoms with Crippen LogP contribution in [0.15, 0.2) is 15.8 Å². The van der Waals surface area contributed by atoms with Gasteiger partial charge in [0, 0.05) is 5.75 Å². The molecule has 6 nitrogen and oxygen atoms in total. The molecule has 1 aromatic heterocycles. The smallest absolute Gasteiger partial charge is 0.281 e. The number of hydrogen-bond acceptors (Lipinski definition) is 6. The highest BCUT2D eigenvalue weighted by Gasteiger charge is 2.14. The Labute approximate surface area is 77.8 Å². The van der Waals surface area contributed by atoms with E-state index in [4.69, 9.17) is 0 Å². The molecule has 0 unspecified atom stereocenters. The molecule has 1 aliphatic heterocycles. The topological polar surface area (TPSA) is 80.4 Å². The van der Waals surface area contributed by atoms with Crippen LogP contribution in [0.2, 0.25) is 0 Å². The van der Waals surface area contributed by atoms with Crippen molar-refractivity contribution < 1.29 is 9.42 Å². The van der Waals surface area contributed by atoms with E-state index in [1.165, 1.54) is 18.0 Å². The molecule has 7 heteroatoms. The minimum absolute atomic E-state index is 0.162. The summed E-state index contributed by atoms with van der Waals surface area (Å²) >= 11 is 1.51. The molecule has 0 bridgehead atoms. The van der Waals surface area contributed by atoms with Gasteiger partial charge in [-0.15, -0.1) is 0 Å². The zero-order chi connectivity index (χ0) is 9.10. The molecule has 68 valence electrons. The molecule has 1 N–H and O–H groups in total. The average molecular weight is 198 g/mol. The summed E-state index contributed by atoms with van der Waals surface area (Å²) in [5, 5.41) is 9.95. The predicted molar refractivity (Wildman–Crippen MR) is 46.5 cm³/mol. The molecule has 1 aliphatic rings. The Kier molecular flexibility index (Phi) is 2.26. The van der Waals surface area contributed by atoms with Gasteiger partial charge in [0.2, 0.25) is 0 Å². The van der Waals surface area contributed by atoms with Crippen LogP contribution in [0, 0.1) is 0 Å². The van der Waals surface area contributed by atoms with Gasteiger partial charge in [-0.05, 0) is 5.16 Å². The van der Waals surface area contributed by atoms with Crippen LogP contribution in [0.3, 0.4) is 0 Å². The van der Waals surface area contributed by atoms with E-state index in [2.05, 4.69) is 25.3 Å². The third kappa shape index (κ3) is 1.86. The first-order valence-corrected chi connectivity index (χ1v) is 4.61. The number of nitrogens with one attached hydrogen (secondary N) is 1. The van der Waals surface area contributed by atoms with Crippen LogP contribution in [0.4, 0.5) is 0 Å². The lowest BCUT2D eigenvalue weighted by Crippen LogP contribution is -2.27. The second-order valence-electron chi connectivity index (χ2n) is 2.28. The van der Waals surface area contributed by atoms with Crippen LogP contribution >= 0.6 is 11.8 Å². The normalized spacial score (nSPS) is 15.5. The van der Waals surface area contributed by atoms with Crippen molar-refractivity contribution in [3.8, 4) is 0 Å². The summed E-state index contributed by atoms with van der Waals surface area (Å²) in [4.78, 5) is 15.3. The maximum absolute atomic E-state index is 11.3. The Balaban J connectivity index is 1.99. The second kappa shape index (κ2) is 3.56. The fourth-order valence-electron chi connectivity index (χ4n) is 0.837. The van der Waals surface area contributed by atoms with E-state index in [0.717, 1.165) is 12.3 Å². The summed E-state index contributed by atoms with van der Waals surface area (Å²) in [5.41, 5.74) is 0.162. The molecule has 13 heavy (non-hydrogen) atoms. The van der Waals surface area contributed by atoms with Crippen molar-refractivity contribution in [2.24, 2.45) is 4.99 Å². The zero-order valence-electron chi connectivity index (χ0n) is 6.56. The number of hydrogen-bond donors (Lipinski definition) is 1. The third-order valence-electron chi connectivity index (χ3n) is 1.40. The summed E-state index contributed by atoms with van der Waals surface area (Å²) in [6.45, 7) is 0.747. The number of aliphatic imine (C=N–C) groups is 1. The molecule has 0 saturated carbocycles. The molecule has 2 rings (SSSR count). The Morgan fingerprint density at radius 2 is 2.62 bits per heavy atom. The van der Waals surface area contributed by atoms with Gasteiger partial charge >= 0.3 is 0 Å². The number of nitrogens with zero attached hydrogens (tertiary/aromatic N) is 3. The summed E-state index contributed by atoms with van der Waals surface area (Å²) in [6, 6.07) is 0. The van der Waals surface area contributed by atoms with Crippen LogP contribution in [0.25, 0.3) is 0 Å². The van der Waals surface area contributed by atoms with Gasteiger partial charge in [-0.1, -0.05) is 16.9 Å². The molecule has 0 saturated heterocycles. The number of amidine groups is 1. The zero-order valence-corrected chi connectivity index (χ0v) is 7.37. The van der Waals surface area contributed by atoms with E-state index in [9.17, 15) is 4.79 Å². The maximum atomic E-state index is 11.3. The van der Waals surface area contributed by atoms with Gasteiger partial charge in [0.1, 0.15) is 6.20 Å².